The van der Waals surface area contributed by atoms with E-state index in [1.807, 2.05) is 30.2 Å². The van der Waals surface area contributed by atoms with Crippen LogP contribution in [0.15, 0.2) is 11.6 Å². The second-order valence-electron chi connectivity index (χ2n) is 4.36. The summed E-state index contributed by atoms with van der Waals surface area (Å²) in [7, 11) is 1.93. The van der Waals surface area contributed by atoms with Crippen molar-refractivity contribution in [1.82, 2.24) is 19.7 Å². The maximum absolute atomic E-state index is 4.62. The van der Waals surface area contributed by atoms with E-state index in [1.54, 1.807) is 22.7 Å². The number of aromatic nitrogens is 4. The van der Waals surface area contributed by atoms with Gasteiger partial charge in [0.15, 0.2) is 10.8 Å². The fourth-order valence-electron chi connectivity index (χ4n) is 2.04. The zero-order valence-electron chi connectivity index (χ0n) is 11.0. The predicted octanol–water partition coefficient (Wildman–Crippen LogP) is 3.36. The molecule has 0 amide bonds. The minimum absolute atomic E-state index is 0.230. The first kappa shape index (κ1) is 12.6. The molecule has 1 N–H and O–H groups in total. The van der Waals surface area contributed by atoms with E-state index in [9.17, 15) is 0 Å². The Bertz CT molecular complexity index is 648. The summed E-state index contributed by atoms with van der Waals surface area (Å²) in [6.45, 7) is 4.17. The molecule has 0 aliphatic heterocycles. The fraction of sp³-hybridized carbons (Fsp3) is 0.417. The van der Waals surface area contributed by atoms with Crippen LogP contribution in [0, 0.1) is 6.92 Å². The van der Waals surface area contributed by atoms with Crippen molar-refractivity contribution in [3.8, 4) is 0 Å². The third kappa shape index (κ3) is 2.23. The van der Waals surface area contributed by atoms with Gasteiger partial charge in [0, 0.05) is 18.6 Å². The number of rotatable bonds is 4. The molecule has 0 unspecified atom stereocenters. The SMILES string of the molecule is CC[C@@H](Nc1nc2c(s1)c(C)nn2C)c1nccs1. The van der Waals surface area contributed by atoms with Crippen molar-refractivity contribution in [2.24, 2.45) is 7.05 Å². The van der Waals surface area contributed by atoms with Crippen LogP contribution < -0.4 is 5.32 Å². The molecule has 100 valence electrons. The second kappa shape index (κ2) is 4.90. The molecule has 7 heteroatoms. The van der Waals surface area contributed by atoms with Gasteiger partial charge in [0.1, 0.15) is 5.01 Å². The summed E-state index contributed by atoms with van der Waals surface area (Å²) in [4.78, 5) is 8.99. The zero-order valence-corrected chi connectivity index (χ0v) is 12.7. The largest absolute Gasteiger partial charge is 0.352 e. The lowest BCUT2D eigenvalue weighted by Gasteiger charge is -2.12. The molecule has 0 saturated heterocycles. The standard InChI is InChI=1S/C12H15N5S2/c1-4-8(11-13-5-6-18-11)14-12-15-10-9(19-12)7(2)16-17(10)3/h5-6,8H,4H2,1-3H3,(H,14,15)/t8-/m1/s1. The highest BCUT2D eigenvalue weighted by atomic mass is 32.1. The molecule has 3 rings (SSSR count). The van der Waals surface area contributed by atoms with Crippen LogP contribution in [0.1, 0.15) is 30.1 Å². The molecule has 5 nitrogen and oxygen atoms in total. The van der Waals surface area contributed by atoms with E-state index in [1.165, 1.54) is 0 Å². The fourth-order valence-corrected chi connectivity index (χ4v) is 3.80. The third-order valence-electron chi connectivity index (χ3n) is 3.00. The molecular weight excluding hydrogens is 278 g/mol. The van der Waals surface area contributed by atoms with Gasteiger partial charge < -0.3 is 5.32 Å². The van der Waals surface area contributed by atoms with E-state index in [4.69, 9.17) is 0 Å². The number of fused-ring (bicyclic) bond motifs is 1. The van der Waals surface area contributed by atoms with Gasteiger partial charge in [-0.2, -0.15) is 5.10 Å². The van der Waals surface area contributed by atoms with Crippen LogP contribution in [-0.2, 0) is 7.05 Å². The Morgan fingerprint density at radius 1 is 1.47 bits per heavy atom. The minimum Gasteiger partial charge on any atom is -0.352 e. The Kier molecular flexibility index (Phi) is 3.24. The Morgan fingerprint density at radius 3 is 2.95 bits per heavy atom. The van der Waals surface area contributed by atoms with Crippen molar-refractivity contribution >= 4 is 38.2 Å². The molecule has 0 aromatic carbocycles. The molecule has 0 aliphatic carbocycles. The molecule has 0 bridgehead atoms. The first-order valence-electron chi connectivity index (χ1n) is 6.15. The van der Waals surface area contributed by atoms with Gasteiger partial charge in [0.25, 0.3) is 0 Å². The van der Waals surface area contributed by atoms with Crippen molar-refractivity contribution in [2.75, 3.05) is 5.32 Å². The van der Waals surface area contributed by atoms with Crippen LogP contribution in [0.25, 0.3) is 10.3 Å². The summed E-state index contributed by atoms with van der Waals surface area (Å²) < 4.78 is 2.98. The van der Waals surface area contributed by atoms with Gasteiger partial charge in [-0.3, -0.25) is 0 Å². The Hall–Kier alpha value is -1.47. The van der Waals surface area contributed by atoms with Crippen molar-refractivity contribution in [3.63, 3.8) is 0 Å². The molecule has 0 aliphatic rings. The van der Waals surface area contributed by atoms with Gasteiger partial charge in [-0.25, -0.2) is 14.6 Å². The van der Waals surface area contributed by atoms with Crippen LogP contribution >= 0.6 is 22.7 Å². The number of hydrogen-bond acceptors (Lipinski definition) is 6. The van der Waals surface area contributed by atoms with E-state index in [0.29, 0.717) is 0 Å². The smallest absolute Gasteiger partial charge is 0.186 e. The van der Waals surface area contributed by atoms with E-state index in [-0.39, 0.29) is 6.04 Å². The molecule has 0 fully saturated rings. The summed E-state index contributed by atoms with van der Waals surface area (Å²) in [6.07, 6.45) is 2.83. The number of thiazole rings is 2. The van der Waals surface area contributed by atoms with Crippen LogP contribution in [0.2, 0.25) is 0 Å². The van der Waals surface area contributed by atoms with Gasteiger partial charge in [0.05, 0.1) is 16.4 Å². The molecular formula is C12H15N5S2. The van der Waals surface area contributed by atoms with Crippen LogP contribution in [0.3, 0.4) is 0 Å². The molecule has 3 heterocycles. The third-order valence-corrected chi connectivity index (χ3v) is 4.97. The van der Waals surface area contributed by atoms with Gasteiger partial charge in [-0.1, -0.05) is 18.3 Å². The molecule has 0 saturated carbocycles. The highest BCUT2D eigenvalue weighted by Crippen LogP contribution is 2.31. The Morgan fingerprint density at radius 2 is 2.32 bits per heavy atom. The second-order valence-corrected chi connectivity index (χ2v) is 6.28. The lowest BCUT2D eigenvalue weighted by atomic mass is 10.2. The lowest BCUT2D eigenvalue weighted by Crippen LogP contribution is -2.09. The molecule has 19 heavy (non-hydrogen) atoms. The first-order valence-corrected chi connectivity index (χ1v) is 7.84. The van der Waals surface area contributed by atoms with E-state index in [0.717, 1.165) is 32.6 Å². The number of nitrogens with one attached hydrogen (secondary N) is 1. The molecule has 3 aromatic heterocycles. The lowest BCUT2D eigenvalue weighted by molar-refractivity contribution is 0.739. The first-order chi connectivity index (χ1) is 9.19. The predicted molar refractivity (Wildman–Crippen MR) is 79.9 cm³/mol. The number of aryl methyl sites for hydroxylation is 2. The number of anilines is 1. The number of hydrogen-bond donors (Lipinski definition) is 1. The van der Waals surface area contributed by atoms with Crippen molar-refractivity contribution in [2.45, 2.75) is 26.3 Å². The van der Waals surface area contributed by atoms with E-state index < -0.39 is 0 Å². The highest BCUT2D eigenvalue weighted by molar-refractivity contribution is 7.22. The molecule has 1 atom stereocenters. The Balaban J connectivity index is 1.90. The quantitative estimate of drug-likeness (QED) is 0.801. The zero-order chi connectivity index (χ0) is 13.4. The number of nitrogens with zero attached hydrogens (tertiary/aromatic N) is 4. The van der Waals surface area contributed by atoms with E-state index in [2.05, 4.69) is 27.3 Å². The van der Waals surface area contributed by atoms with Crippen molar-refractivity contribution < 1.29 is 0 Å². The topological polar surface area (TPSA) is 55.6 Å². The molecule has 0 spiro atoms. The molecule has 3 aromatic rings. The van der Waals surface area contributed by atoms with Gasteiger partial charge in [-0.15, -0.1) is 11.3 Å². The van der Waals surface area contributed by atoms with Crippen LogP contribution in [-0.4, -0.2) is 19.7 Å². The average Bonchev–Trinajstić information content (AvgIpc) is 3.08. The minimum atomic E-state index is 0.230. The monoisotopic (exact) mass is 293 g/mol. The normalized spacial score (nSPS) is 13.0. The summed E-state index contributed by atoms with van der Waals surface area (Å²) in [5, 5.41) is 11.9. The highest BCUT2D eigenvalue weighted by Gasteiger charge is 2.16. The maximum atomic E-state index is 4.62. The summed E-state index contributed by atoms with van der Waals surface area (Å²) in [5.41, 5.74) is 1.98. The summed E-state index contributed by atoms with van der Waals surface area (Å²) >= 11 is 3.33. The summed E-state index contributed by atoms with van der Waals surface area (Å²) in [5.74, 6) is 0. The van der Waals surface area contributed by atoms with E-state index >= 15 is 0 Å². The average molecular weight is 293 g/mol. The van der Waals surface area contributed by atoms with Gasteiger partial charge >= 0.3 is 0 Å². The summed E-state index contributed by atoms with van der Waals surface area (Å²) in [6, 6.07) is 0.230. The Labute approximate surface area is 119 Å². The van der Waals surface area contributed by atoms with Crippen molar-refractivity contribution in [1.29, 1.82) is 0 Å². The molecule has 0 radical (unpaired) electrons. The van der Waals surface area contributed by atoms with Gasteiger partial charge in [-0.05, 0) is 13.3 Å². The van der Waals surface area contributed by atoms with Crippen molar-refractivity contribution in [3.05, 3.63) is 22.3 Å². The maximum Gasteiger partial charge on any atom is 0.186 e. The van der Waals surface area contributed by atoms with Crippen LogP contribution in [0.5, 0.6) is 0 Å². The van der Waals surface area contributed by atoms with Crippen LogP contribution in [0.4, 0.5) is 5.13 Å². The van der Waals surface area contributed by atoms with Gasteiger partial charge in [0.2, 0.25) is 0 Å².